The van der Waals surface area contributed by atoms with Crippen LogP contribution >= 0.6 is 0 Å². The highest BCUT2D eigenvalue weighted by Gasteiger charge is 2.37. The summed E-state index contributed by atoms with van der Waals surface area (Å²) in [6.45, 7) is 2.04. The molecule has 1 aliphatic heterocycles. The summed E-state index contributed by atoms with van der Waals surface area (Å²) in [6, 6.07) is 1.63. The zero-order valence-electron chi connectivity index (χ0n) is 16.2. The summed E-state index contributed by atoms with van der Waals surface area (Å²) in [7, 11) is 2.64. The Balaban J connectivity index is 2.08. The number of carbonyl (C=O) groups excluding carboxylic acids is 3. The zero-order valence-corrected chi connectivity index (χ0v) is 16.2. The predicted molar refractivity (Wildman–Crippen MR) is 99.3 cm³/mol. The molecule has 0 radical (unpaired) electrons. The number of rotatable bonds is 6. The molecule has 1 aliphatic carbocycles. The van der Waals surface area contributed by atoms with Crippen molar-refractivity contribution in [3.05, 3.63) is 40.2 Å². The summed E-state index contributed by atoms with van der Waals surface area (Å²) in [6.07, 6.45) is 3.04. The molecule has 0 unspecified atom stereocenters. The Morgan fingerprint density at radius 1 is 1.32 bits per heavy atom. The fourth-order valence-corrected chi connectivity index (χ4v) is 3.82. The maximum atomic E-state index is 12.6. The second-order valence-electron chi connectivity index (χ2n) is 7.00. The number of allylic oxidation sites excluding steroid dienone is 2. The van der Waals surface area contributed by atoms with Gasteiger partial charge in [0, 0.05) is 17.2 Å². The Morgan fingerprint density at radius 2 is 2.07 bits per heavy atom. The van der Waals surface area contributed by atoms with E-state index in [0.717, 1.165) is 18.9 Å². The lowest BCUT2D eigenvalue weighted by atomic mass is 9.82. The Bertz CT molecular complexity index is 853. The quantitative estimate of drug-likeness (QED) is 0.748. The molecule has 1 N–H and O–H groups in total. The SMILES string of the molecule is CCCC[C@H]1O[C@H](CC(=O)OC)Cc2cc3c(c(O)c21)C(=O)C=C(OC)C3=O. The second kappa shape index (κ2) is 8.14. The van der Waals surface area contributed by atoms with Gasteiger partial charge in [-0.1, -0.05) is 19.8 Å². The number of phenols is 1. The van der Waals surface area contributed by atoms with Crippen molar-refractivity contribution >= 4 is 17.5 Å². The molecule has 0 fully saturated rings. The third-order valence-corrected chi connectivity index (χ3v) is 5.19. The number of ether oxygens (including phenoxy) is 3. The molecule has 2 atom stereocenters. The number of phenolic OH excluding ortho intramolecular Hbond substituents is 1. The summed E-state index contributed by atoms with van der Waals surface area (Å²) in [5.41, 5.74) is 1.34. The number of hydrogen-bond donors (Lipinski definition) is 1. The fraction of sp³-hybridized carbons (Fsp3) is 0.476. The monoisotopic (exact) mass is 388 g/mol. The summed E-state index contributed by atoms with van der Waals surface area (Å²) in [5.74, 6) is -1.58. The maximum Gasteiger partial charge on any atom is 0.308 e. The fourth-order valence-electron chi connectivity index (χ4n) is 3.82. The van der Waals surface area contributed by atoms with Gasteiger partial charge in [0.05, 0.1) is 38.4 Å². The largest absolute Gasteiger partial charge is 0.507 e. The van der Waals surface area contributed by atoms with Crippen LogP contribution < -0.4 is 0 Å². The van der Waals surface area contributed by atoms with Gasteiger partial charge in [-0.25, -0.2) is 0 Å². The van der Waals surface area contributed by atoms with Crippen LogP contribution in [0.25, 0.3) is 0 Å². The van der Waals surface area contributed by atoms with E-state index in [1.165, 1.54) is 14.2 Å². The van der Waals surface area contributed by atoms with Gasteiger partial charge in [-0.2, -0.15) is 0 Å². The van der Waals surface area contributed by atoms with Crippen molar-refractivity contribution in [3.63, 3.8) is 0 Å². The van der Waals surface area contributed by atoms with Gasteiger partial charge in [0.1, 0.15) is 5.75 Å². The van der Waals surface area contributed by atoms with Gasteiger partial charge in [-0.15, -0.1) is 0 Å². The Hall–Kier alpha value is -2.67. The highest BCUT2D eigenvalue weighted by atomic mass is 16.5. The van der Waals surface area contributed by atoms with E-state index in [4.69, 9.17) is 14.2 Å². The van der Waals surface area contributed by atoms with Crippen LogP contribution in [0.1, 0.15) is 70.6 Å². The molecule has 0 bridgehead atoms. The number of Topliss-reactive ketones (excluding diaryl/α,β-unsaturated/α-hetero) is 1. The van der Waals surface area contributed by atoms with Gasteiger partial charge >= 0.3 is 5.97 Å². The molecule has 150 valence electrons. The van der Waals surface area contributed by atoms with Crippen LogP contribution in [0.5, 0.6) is 5.75 Å². The third kappa shape index (κ3) is 3.54. The van der Waals surface area contributed by atoms with E-state index in [1.807, 2.05) is 6.92 Å². The van der Waals surface area contributed by atoms with Crippen molar-refractivity contribution in [1.29, 1.82) is 0 Å². The van der Waals surface area contributed by atoms with E-state index < -0.39 is 23.8 Å². The smallest absolute Gasteiger partial charge is 0.308 e. The zero-order chi connectivity index (χ0) is 20.4. The van der Waals surface area contributed by atoms with Gasteiger partial charge in [-0.3, -0.25) is 14.4 Å². The van der Waals surface area contributed by atoms with Crippen LogP contribution in [0.3, 0.4) is 0 Å². The number of unbranched alkanes of at least 4 members (excludes halogenated alkanes) is 1. The van der Waals surface area contributed by atoms with Crippen LogP contribution in [0.2, 0.25) is 0 Å². The minimum Gasteiger partial charge on any atom is -0.507 e. The Kier molecular flexibility index (Phi) is 5.84. The first-order valence-electron chi connectivity index (χ1n) is 9.36. The molecule has 3 rings (SSSR count). The Morgan fingerprint density at radius 3 is 2.71 bits per heavy atom. The van der Waals surface area contributed by atoms with Gasteiger partial charge in [0.2, 0.25) is 5.78 Å². The van der Waals surface area contributed by atoms with Crippen LogP contribution in [0.15, 0.2) is 17.9 Å². The van der Waals surface area contributed by atoms with Crippen molar-refractivity contribution in [3.8, 4) is 5.75 Å². The summed E-state index contributed by atoms with van der Waals surface area (Å²) >= 11 is 0. The summed E-state index contributed by atoms with van der Waals surface area (Å²) in [4.78, 5) is 36.8. The van der Waals surface area contributed by atoms with Crippen LogP contribution in [0, 0.1) is 0 Å². The molecular formula is C21H24O7. The minimum atomic E-state index is -0.474. The standard InChI is InChI=1S/C21H24O7/c1-4-5-6-15-18-11(7-12(28-15)9-17(23)27-3)8-13-19(21(18)25)14(22)10-16(26-2)20(13)24/h8,10,12,15,25H,4-7,9H2,1-3H3/t12-,15+/m0/s1. The lowest BCUT2D eigenvalue weighted by Gasteiger charge is -2.34. The molecular weight excluding hydrogens is 364 g/mol. The van der Waals surface area contributed by atoms with Crippen LogP contribution in [-0.2, 0) is 25.4 Å². The number of benzene rings is 1. The first kappa shape index (κ1) is 20.1. The first-order valence-corrected chi connectivity index (χ1v) is 9.36. The average Bonchev–Trinajstić information content (AvgIpc) is 2.68. The van der Waals surface area contributed by atoms with E-state index in [2.05, 4.69) is 0 Å². The van der Waals surface area contributed by atoms with E-state index in [0.29, 0.717) is 24.0 Å². The van der Waals surface area contributed by atoms with Gasteiger partial charge in [0.25, 0.3) is 0 Å². The van der Waals surface area contributed by atoms with Crippen molar-refractivity contribution in [2.75, 3.05) is 14.2 Å². The number of esters is 1. The lowest BCUT2D eigenvalue weighted by molar-refractivity contribution is -0.145. The molecule has 0 spiro atoms. The van der Waals surface area contributed by atoms with Crippen molar-refractivity contribution in [2.24, 2.45) is 0 Å². The molecule has 2 aliphatic rings. The predicted octanol–water partition coefficient (Wildman–Crippen LogP) is 3.04. The van der Waals surface area contributed by atoms with Gasteiger partial charge in [-0.05, 0) is 24.5 Å². The molecule has 7 nitrogen and oxygen atoms in total. The molecule has 7 heteroatoms. The molecule has 0 aromatic heterocycles. The molecule has 28 heavy (non-hydrogen) atoms. The number of aromatic hydroxyl groups is 1. The molecule has 0 saturated heterocycles. The number of carbonyl (C=O) groups is 3. The lowest BCUT2D eigenvalue weighted by Crippen LogP contribution is -2.30. The molecule has 0 saturated carbocycles. The molecule has 0 amide bonds. The minimum absolute atomic E-state index is 0.0129. The normalized spacial score (nSPS) is 20.9. The summed E-state index contributed by atoms with van der Waals surface area (Å²) < 4.78 is 15.8. The number of ketones is 2. The number of methoxy groups -OCH3 is 2. The number of hydrogen-bond acceptors (Lipinski definition) is 7. The van der Waals surface area contributed by atoms with Crippen molar-refractivity contribution in [2.45, 2.75) is 51.2 Å². The molecule has 1 aromatic carbocycles. The molecule has 1 heterocycles. The highest BCUT2D eigenvalue weighted by molar-refractivity contribution is 6.25. The highest BCUT2D eigenvalue weighted by Crippen LogP contribution is 2.44. The van der Waals surface area contributed by atoms with Crippen LogP contribution in [0.4, 0.5) is 0 Å². The third-order valence-electron chi connectivity index (χ3n) is 5.19. The number of fused-ring (bicyclic) bond motifs is 2. The maximum absolute atomic E-state index is 12.6. The van der Waals surface area contributed by atoms with E-state index in [1.54, 1.807) is 6.07 Å². The van der Waals surface area contributed by atoms with Crippen molar-refractivity contribution in [1.82, 2.24) is 0 Å². The van der Waals surface area contributed by atoms with E-state index in [-0.39, 0.29) is 35.0 Å². The van der Waals surface area contributed by atoms with Crippen LogP contribution in [-0.4, -0.2) is 43.0 Å². The van der Waals surface area contributed by atoms with Gasteiger partial charge < -0.3 is 19.3 Å². The van der Waals surface area contributed by atoms with Crippen molar-refractivity contribution < 1.29 is 33.7 Å². The Labute approximate surface area is 163 Å². The topological polar surface area (TPSA) is 99.1 Å². The average molecular weight is 388 g/mol. The second-order valence-corrected chi connectivity index (χ2v) is 7.00. The molecule has 1 aromatic rings. The van der Waals surface area contributed by atoms with Gasteiger partial charge in [0.15, 0.2) is 11.5 Å². The van der Waals surface area contributed by atoms with E-state index >= 15 is 0 Å². The summed E-state index contributed by atoms with van der Waals surface area (Å²) in [5, 5.41) is 10.9. The van der Waals surface area contributed by atoms with E-state index in [9.17, 15) is 19.5 Å². The first-order chi connectivity index (χ1) is 13.4.